The zero-order valence-corrected chi connectivity index (χ0v) is 13.2. The van der Waals surface area contributed by atoms with Crippen molar-refractivity contribution in [1.82, 2.24) is 15.0 Å². The van der Waals surface area contributed by atoms with Gasteiger partial charge in [-0.15, -0.1) is 0 Å². The van der Waals surface area contributed by atoms with E-state index in [9.17, 15) is 13.2 Å². The molecular formula is C13H22N4O3S. The summed E-state index contributed by atoms with van der Waals surface area (Å²) < 4.78 is 25.2. The highest BCUT2D eigenvalue weighted by molar-refractivity contribution is 7.89. The number of amides is 1. The number of carbonyl (C=O) groups is 1. The van der Waals surface area contributed by atoms with E-state index in [1.807, 2.05) is 6.92 Å². The first-order chi connectivity index (χ1) is 9.98. The average Bonchev–Trinajstić information content (AvgIpc) is 2.45. The standard InChI is InChI=1S/C13H22N4O3S/c1-3-6-14-11-5-7-15-12(10-11)13(18)16-8-9-21(19,20)17-4-2/h5,7,10,17H,3-4,6,8-9H2,1-2H3,(H,14,15)(H,16,18). The summed E-state index contributed by atoms with van der Waals surface area (Å²) in [5.74, 6) is -0.540. The van der Waals surface area contributed by atoms with Crippen LogP contribution >= 0.6 is 0 Å². The molecule has 0 bridgehead atoms. The van der Waals surface area contributed by atoms with Crippen LogP contribution in [0.4, 0.5) is 5.69 Å². The molecule has 1 heterocycles. The fourth-order valence-corrected chi connectivity index (χ4v) is 2.57. The molecule has 0 aliphatic rings. The van der Waals surface area contributed by atoms with Crippen LogP contribution in [-0.2, 0) is 10.0 Å². The van der Waals surface area contributed by atoms with Crippen LogP contribution in [0.15, 0.2) is 18.3 Å². The van der Waals surface area contributed by atoms with E-state index >= 15 is 0 Å². The summed E-state index contributed by atoms with van der Waals surface area (Å²) in [5, 5.41) is 5.71. The number of rotatable bonds is 9. The van der Waals surface area contributed by atoms with Crippen molar-refractivity contribution < 1.29 is 13.2 Å². The quantitative estimate of drug-likeness (QED) is 0.619. The molecular weight excluding hydrogens is 292 g/mol. The van der Waals surface area contributed by atoms with Gasteiger partial charge in [-0.05, 0) is 18.6 Å². The minimum Gasteiger partial charge on any atom is -0.385 e. The number of hydrogen-bond donors (Lipinski definition) is 3. The van der Waals surface area contributed by atoms with Crippen LogP contribution in [0.3, 0.4) is 0 Å². The monoisotopic (exact) mass is 314 g/mol. The Labute approximate surface area is 125 Å². The lowest BCUT2D eigenvalue weighted by Crippen LogP contribution is -2.34. The SMILES string of the molecule is CCCNc1ccnc(C(=O)NCCS(=O)(=O)NCC)c1. The first kappa shape index (κ1) is 17.4. The fraction of sp³-hybridized carbons (Fsp3) is 0.538. The van der Waals surface area contributed by atoms with Gasteiger partial charge in [-0.2, -0.15) is 0 Å². The molecule has 0 fully saturated rings. The Bertz CT molecular complexity index is 560. The van der Waals surface area contributed by atoms with E-state index in [-0.39, 0.29) is 23.9 Å². The minimum absolute atomic E-state index is 0.0441. The van der Waals surface area contributed by atoms with Gasteiger partial charge in [0.05, 0.1) is 5.75 Å². The van der Waals surface area contributed by atoms with Crippen molar-refractivity contribution in [2.75, 3.05) is 30.7 Å². The van der Waals surface area contributed by atoms with Crippen molar-refractivity contribution >= 4 is 21.6 Å². The Morgan fingerprint density at radius 1 is 1.29 bits per heavy atom. The molecule has 0 radical (unpaired) electrons. The first-order valence-corrected chi connectivity index (χ1v) is 8.59. The number of nitrogens with one attached hydrogen (secondary N) is 3. The van der Waals surface area contributed by atoms with Crippen molar-refractivity contribution in [1.29, 1.82) is 0 Å². The van der Waals surface area contributed by atoms with Crippen LogP contribution in [0.1, 0.15) is 30.8 Å². The topological polar surface area (TPSA) is 100 Å². The number of pyridine rings is 1. The van der Waals surface area contributed by atoms with Gasteiger partial charge < -0.3 is 10.6 Å². The number of anilines is 1. The molecule has 0 spiro atoms. The van der Waals surface area contributed by atoms with Gasteiger partial charge in [0.1, 0.15) is 5.69 Å². The predicted octanol–water partition coefficient (Wildman–Crippen LogP) is 0.573. The van der Waals surface area contributed by atoms with Crippen molar-refractivity contribution in [3.05, 3.63) is 24.0 Å². The minimum atomic E-state index is -3.33. The maximum atomic E-state index is 11.9. The van der Waals surface area contributed by atoms with Gasteiger partial charge in [-0.25, -0.2) is 13.1 Å². The van der Waals surface area contributed by atoms with E-state index in [0.29, 0.717) is 6.54 Å². The lowest BCUT2D eigenvalue weighted by Gasteiger charge is -2.08. The van der Waals surface area contributed by atoms with E-state index < -0.39 is 10.0 Å². The summed E-state index contributed by atoms with van der Waals surface area (Å²) in [6.45, 7) is 4.94. The van der Waals surface area contributed by atoms with Crippen molar-refractivity contribution in [2.45, 2.75) is 20.3 Å². The Morgan fingerprint density at radius 3 is 2.71 bits per heavy atom. The molecule has 0 saturated carbocycles. The Morgan fingerprint density at radius 2 is 2.05 bits per heavy atom. The first-order valence-electron chi connectivity index (χ1n) is 6.94. The smallest absolute Gasteiger partial charge is 0.269 e. The molecule has 0 saturated heterocycles. The van der Waals surface area contributed by atoms with Gasteiger partial charge in [0, 0.05) is 31.5 Å². The second-order valence-corrected chi connectivity index (χ2v) is 6.36. The summed E-state index contributed by atoms with van der Waals surface area (Å²) >= 11 is 0. The highest BCUT2D eigenvalue weighted by Crippen LogP contribution is 2.07. The van der Waals surface area contributed by atoms with Crippen LogP contribution in [0.2, 0.25) is 0 Å². The summed E-state index contributed by atoms with van der Waals surface area (Å²) in [6.07, 6.45) is 2.52. The molecule has 1 amide bonds. The molecule has 0 aliphatic carbocycles. The highest BCUT2D eigenvalue weighted by Gasteiger charge is 2.11. The molecule has 0 aliphatic heterocycles. The highest BCUT2D eigenvalue weighted by atomic mass is 32.2. The van der Waals surface area contributed by atoms with Crippen LogP contribution in [0, 0.1) is 0 Å². The lowest BCUT2D eigenvalue weighted by molar-refractivity contribution is 0.0951. The molecule has 1 aromatic rings. The second-order valence-electron chi connectivity index (χ2n) is 4.43. The molecule has 0 unspecified atom stereocenters. The number of sulfonamides is 1. The van der Waals surface area contributed by atoms with Gasteiger partial charge in [0.15, 0.2) is 0 Å². The second kappa shape index (κ2) is 8.58. The number of aromatic nitrogens is 1. The molecule has 1 aromatic heterocycles. The van der Waals surface area contributed by atoms with Crippen molar-refractivity contribution in [3.8, 4) is 0 Å². The maximum absolute atomic E-state index is 11.9. The van der Waals surface area contributed by atoms with E-state index in [1.165, 1.54) is 0 Å². The van der Waals surface area contributed by atoms with Gasteiger partial charge in [-0.1, -0.05) is 13.8 Å². The molecule has 7 nitrogen and oxygen atoms in total. The molecule has 21 heavy (non-hydrogen) atoms. The third-order valence-corrected chi connectivity index (χ3v) is 4.06. The summed E-state index contributed by atoms with van der Waals surface area (Å²) in [5.41, 5.74) is 1.08. The number of nitrogens with zero attached hydrogens (tertiary/aromatic N) is 1. The zero-order chi connectivity index (χ0) is 15.7. The summed E-state index contributed by atoms with van der Waals surface area (Å²) in [6, 6.07) is 3.42. The normalized spacial score (nSPS) is 11.1. The molecule has 3 N–H and O–H groups in total. The van der Waals surface area contributed by atoms with Gasteiger partial charge in [0.25, 0.3) is 5.91 Å². The van der Waals surface area contributed by atoms with Crippen LogP contribution in [0.5, 0.6) is 0 Å². The average molecular weight is 314 g/mol. The lowest BCUT2D eigenvalue weighted by atomic mass is 10.3. The number of carbonyl (C=O) groups excluding carboxylic acids is 1. The molecule has 0 atom stereocenters. The molecule has 118 valence electrons. The van der Waals surface area contributed by atoms with Crippen molar-refractivity contribution in [3.63, 3.8) is 0 Å². The van der Waals surface area contributed by atoms with Crippen LogP contribution in [-0.4, -0.2) is 44.7 Å². The molecule has 8 heteroatoms. The van der Waals surface area contributed by atoms with Gasteiger partial charge in [-0.3, -0.25) is 9.78 Å². The number of hydrogen-bond acceptors (Lipinski definition) is 5. The van der Waals surface area contributed by atoms with E-state index in [4.69, 9.17) is 0 Å². The molecule has 0 aromatic carbocycles. The Kier molecular flexibility index (Phi) is 7.10. The Hall–Kier alpha value is -1.67. The predicted molar refractivity (Wildman–Crippen MR) is 82.8 cm³/mol. The van der Waals surface area contributed by atoms with E-state index in [2.05, 4.69) is 20.3 Å². The fourth-order valence-electron chi connectivity index (χ4n) is 1.62. The molecule has 1 rings (SSSR count). The zero-order valence-electron chi connectivity index (χ0n) is 12.3. The van der Waals surface area contributed by atoms with E-state index in [0.717, 1.165) is 18.7 Å². The van der Waals surface area contributed by atoms with Crippen LogP contribution in [0.25, 0.3) is 0 Å². The summed E-state index contributed by atoms with van der Waals surface area (Å²) in [7, 11) is -3.33. The van der Waals surface area contributed by atoms with Crippen molar-refractivity contribution in [2.24, 2.45) is 0 Å². The third-order valence-electron chi connectivity index (χ3n) is 2.59. The maximum Gasteiger partial charge on any atom is 0.269 e. The van der Waals surface area contributed by atoms with Crippen LogP contribution < -0.4 is 15.4 Å². The van der Waals surface area contributed by atoms with Gasteiger partial charge in [0.2, 0.25) is 10.0 Å². The van der Waals surface area contributed by atoms with Gasteiger partial charge >= 0.3 is 0 Å². The van der Waals surface area contributed by atoms with E-state index in [1.54, 1.807) is 25.3 Å². The third kappa shape index (κ3) is 6.54. The Balaban J connectivity index is 2.52. The largest absolute Gasteiger partial charge is 0.385 e. The summed E-state index contributed by atoms with van der Waals surface area (Å²) in [4.78, 5) is 15.9.